The molecule has 1 aromatic carbocycles. The molecule has 142 valence electrons. The summed E-state index contributed by atoms with van der Waals surface area (Å²) in [5.74, 6) is 0.845. The minimum atomic E-state index is -0.395. The Hall–Kier alpha value is -3.46. The van der Waals surface area contributed by atoms with Crippen molar-refractivity contribution in [1.29, 1.82) is 0 Å². The maximum atomic E-state index is 13.0. The number of benzene rings is 1. The van der Waals surface area contributed by atoms with Gasteiger partial charge in [0.1, 0.15) is 17.3 Å². The summed E-state index contributed by atoms with van der Waals surface area (Å²) in [5, 5.41) is 12.4. The van der Waals surface area contributed by atoms with Crippen LogP contribution in [0.5, 0.6) is 0 Å². The van der Waals surface area contributed by atoms with Gasteiger partial charge in [0.2, 0.25) is 5.13 Å². The van der Waals surface area contributed by atoms with Crippen LogP contribution in [0.2, 0.25) is 0 Å². The number of anilines is 1. The number of hydrogen-bond donors (Lipinski definition) is 2. The normalized spacial score (nSPS) is 10.8. The fraction of sp³-hybridized carbons (Fsp3) is 0.105. The van der Waals surface area contributed by atoms with Gasteiger partial charge in [-0.3, -0.25) is 5.32 Å². The van der Waals surface area contributed by atoms with Crippen molar-refractivity contribution in [1.82, 2.24) is 20.1 Å². The molecule has 0 aliphatic heterocycles. The van der Waals surface area contributed by atoms with Crippen LogP contribution in [0.4, 0.5) is 15.0 Å². The van der Waals surface area contributed by atoms with Crippen LogP contribution in [-0.4, -0.2) is 20.8 Å². The van der Waals surface area contributed by atoms with Crippen molar-refractivity contribution >= 4 is 23.2 Å². The molecule has 4 aromatic rings. The first-order valence-corrected chi connectivity index (χ1v) is 9.32. The number of thiazole rings is 1. The third kappa shape index (κ3) is 3.94. The number of aromatic nitrogens is 3. The predicted octanol–water partition coefficient (Wildman–Crippen LogP) is 4.36. The number of halogens is 1. The summed E-state index contributed by atoms with van der Waals surface area (Å²) in [6, 6.07) is 10.9. The van der Waals surface area contributed by atoms with E-state index in [1.54, 1.807) is 35.2 Å². The summed E-state index contributed by atoms with van der Waals surface area (Å²) in [6.45, 7) is 2.11. The SMILES string of the molecule is Cc1cc(NC(=O)NCc2ccc(F)cc2)n(-c2nc(-c3ccco3)cs2)n1. The lowest BCUT2D eigenvalue weighted by Gasteiger charge is -2.08. The Morgan fingerprint density at radius 2 is 2.11 bits per heavy atom. The molecule has 28 heavy (non-hydrogen) atoms. The van der Waals surface area contributed by atoms with Crippen LogP contribution in [0, 0.1) is 12.7 Å². The number of amides is 2. The summed E-state index contributed by atoms with van der Waals surface area (Å²) < 4.78 is 19.9. The Morgan fingerprint density at radius 1 is 1.29 bits per heavy atom. The summed E-state index contributed by atoms with van der Waals surface area (Å²) in [7, 11) is 0. The molecule has 3 aromatic heterocycles. The van der Waals surface area contributed by atoms with Gasteiger partial charge in [0.15, 0.2) is 5.76 Å². The standard InChI is InChI=1S/C19H16FN5O2S/c1-12-9-17(23-18(26)21-10-13-4-6-14(20)7-5-13)25(24-12)19-22-15(11-28-19)16-3-2-8-27-16/h2-9,11H,10H2,1H3,(H2,21,23,26). The number of carbonyl (C=O) groups is 1. The number of rotatable bonds is 5. The third-order valence-corrected chi connectivity index (χ3v) is 4.70. The molecule has 0 unspecified atom stereocenters. The second kappa shape index (κ2) is 7.65. The van der Waals surface area contributed by atoms with Gasteiger partial charge in [-0.15, -0.1) is 11.3 Å². The maximum absolute atomic E-state index is 13.0. The van der Waals surface area contributed by atoms with E-state index in [0.29, 0.717) is 22.4 Å². The molecular weight excluding hydrogens is 381 g/mol. The largest absolute Gasteiger partial charge is 0.463 e. The topological polar surface area (TPSA) is 85.0 Å². The van der Waals surface area contributed by atoms with Gasteiger partial charge in [0.25, 0.3) is 0 Å². The molecule has 2 N–H and O–H groups in total. The van der Waals surface area contributed by atoms with E-state index < -0.39 is 6.03 Å². The first kappa shape index (κ1) is 17.9. The summed E-state index contributed by atoms with van der Waals surface area (Å²) in [6.07, 6.45) is 1.59. The average molecular weight is 397 g/mol. The zero-order valence-corrected chi connectivity index (χ0v) is 15.7. The molecule has 3 heterocycles. The van der Waals surface area contributed by atoms with Crippen molar-refractivity contribution in [2.45, 2.75) is 13.5 Å². The number of furan rings is 1. The first-order valence-electron chi connectivity index (χ1n) is 8.44. The van der Waals surface area contributed by atoms with Gasteiger partial charge < -0.3 is 9.73 Å². The molecule has 4 rings (SSSR count). The van der Waals surface area contributed by atoms with Gasteiger partial charge in [-0.25, -0.2) is 14.2 Å². The van der Waals surface area contributed by atoms with Crippen LogP contribution >= 0.6 is 11.3 Å². The Balaban J connectivity index is 1.47. The second-order valence-corrected chi connectivity index (χ2v) is 6.85. The van der Waals surface area contributed by atoms with Crippen molar-refractivity contribution in [3.8, 4) is 16.6 Å². The zero-order chi connectivity index (χ0) is 19.5. The highest BCUT2D eigenvalue weighted by Crippen LogP contribution is 2.26. The van der Waals surface area contributed by atoms with E-state index >= 15 is 0 Å². The lowest BCUT2D eigenvalue weighted by Crippen LogP contribution is -2.29. The quantitative estimate of drug-likeness (QED) is 0.524. The van der Waals surface area contributed by atoms with Gasteiger partial charge >= 0.3 is 6.03 Å². The molecule has 0 bridgehead atoms. The smallest absolute Gasteiger partial charge is 0.320 e. The molecule has 0 aliphatic carbocycles. The van der Waals surface area contributed by atoms with Crippen molar-refractivity contribution in [3.05, 3.63) is 71.2 Å². The van der Waals surface area contributed by atoms with Gasteiger partial charge in [0, 0.05) is 18.0 Å². The number of urea groups is 1. The Bertz CT molecular complexity index is 1090. The summed E-state index contributed by atoms with van der Waals surface area (Å²) in [4.78, 5) is 16.8. The fourth-order valence-electron chi connectivity index (χ4n) is 2.58. The van der Waals surface area contributed by atoms with Crippen LogP contribution in [0.3, 0.4) is 0 Å². The van der Waals surface area contributed by atoms with E-state index in [-0.39, 0.29) is 12.4 Å². The molecule has 0 radical (unpaired) electrons. The number of carbonyl (C=O) groups excluding carboxylic acids is 1. The highest BCUT2D eigenvalue weighted by molar-refractivity contribution is 7.12. The van der Waals surface area contributed by atoms with E-state index in [0.717, 1.165) is 11.3 Å². The van der Waals surface area contributed by atoms with E-state index in [1.165, 1.54) is 23.5 Å². The Morgan fingerprint density at radius 3 is 2.86 bits per heavy atom. The van der Waals surface area contributed by atoms with Gasteiger partial charge in [-0.1, -0.05) is 12.1 Å². The van der Waals surface area contributed by atoms with E-state index in [1.807, 2.05) is 18.4 Å². The summed E-state index contributed by atoms with van der Waals surface area (Å²) in [5.41, 5.74) is 2.23. The molecule has 2 amide bonds. The monoisotopic (exact) mass is 397 g/mol. The van der Waals surface area contributed by atoms with Crippen molar-refractivity contribution in [2.75, 3.05) is 5.32 Å². The van der Waals surface area contributed by atoms with Crippen molar-refractivity contribution in [2.24, 2.45) is 0 Å². The second-order valence-electron chi connectivity index (χ2n) is 6.01. The van der Waals surface area contributed by atoms with E-state index in [4.69, 9.17) is 4.42 Å². The number of nitrogens with zero attached hydrogens (tertiary/aromatic N) is 3. The number of aryl methyl sites for hydroxylation is 1. The predicted molar refractivity (Wildman–Crippen MR) is 104 cm³/mol. The molecular formula is C19H16FN5O2S. The lowest BCUT2D eigenvalue weighted by molar-refractivity contribution is 0.251. The van der Waals surface area contributed by atoms with Gasteiger partial charge in [-0.05, 0) is 36.8 Å². The van der Waals surface area contributed by atoms with Gasteiger partial charge in [-0.2, -0.15) is 9.78 Å². The summed E-state index contributed by atoms with van der Waals surface area (Å²) >= 11 is 1.39. The van der Waals surface area contributed by atoms with Gasteiger partial charge in [0.05, 0.1) is 12.0 Å². The molecule has 0 atom stereocenters. The first-order chi connectivity index (χ1) is 13.6. The molecule has 0 aliphatic rings. The Labute approximate surface area is 163 Å². The number of hydrogen-bond acceptors (Lipinski definition) is 5. The third-order valence-electron chi connectivity index (χ3n) is 3.89. The molecule has 9 heteroatoms. The van der Waals surface area contributed by atoms with Crippen molar-refractivity contribution < 1.29 is 13.6 Å². The lowest BCUT2D eigenvalue weighted by atomic mass is 10.2. The maximum Gasteiger partial charge on any atom is 0.320 e. The average Bonchev–Trinajstić information content (AvgIpc) is 3.41. The zero-order valence-electron chi connectivity index (χ0n) is 14.8. The van der Waals surface area contributed by atoms with Crippen LogP contribution in [0.1, 0.15) is 11.3 Å². The minimum Gasteiger partial charge on any atom is -0.463 e. The molecule has 0 saturated heterocycles. The van der Waals surface area contributed by atoms with Crippen LogP contribution in [0.15, 0.2) is 58.5 Å². The van der Waals surface area contributed by atoms with Crippen LogP contribution in [0.25, 0.3) is 16.6 Å². The van der Waals surface area contributed by atoms with Crippen LogP contribution in [-0.2, 0) is 6.54 Å². The minimum absolute atomic E-state index is 0.277. The van der Waals surface area contributed by atoms with E-state index in [2.05, 4.69) is 20.7 Å². The van der Waals surface area contributed by atoms with E-state index in [9.17, 15) is 9.18 Å². The number of nitrogens with one attached hydrogen (secondary N) is 2. The highest BCUT2D eigenvalue weighted by Gasteiger charge is 2.15. The Kier molecular flexibility index (Phi) is 4.90. The molecule has 0 saturated carbocycles. The molecule has 7 nitrogen and oxygen atoms in total. The highest BCUT2D eigenvalue weighted by atomic mass is 32.1. The fourth-order valence-corrected chi connectivity index (χ4v) is 3.35. The molecule has 0 fully saturated rings. The molecule has 0 spiro atoms. The van der Waals surface area contributed by atoms with Crippen LogP contribution < -0.4 is 10.6 Å². The van der Waals surface area contributed by atoms with Crippen molar-refractivity contribution in [3.63, 3.8) is 0 Å².